The molecule has 2 aromatic rings. The van der Waals surface area contributed by atoms with Crippen LogP contribution in [0.3, 0.4) is 0 Å². The Kier molecular flexibility index (Phi) is 7.69. The van der Waals surface area contributed by atoms with Crippen LogP contribution in [0, 0.1) is 5.92 Å². The van der Waals surface area contributed by atoms with Crippen molar-refractivity contribution in [3.63, 3.8) is 0 Å². The number of carbonyl (C=O) groups is 2. The van der Waals surface area contributed by atoms with Crippen LogP contribution in [0.25, 0.3) is 0 Å². The Morgan fingerprint density at radius 3 is 2.39 bits per heavy atom. The maximum Gasteiger partial charge on any atom is 0.410 e. The van der Waals surface area contributed by atoms with Crippen molar-refractivity contribution in [1.82, 2.24) is 10.2 Å². The van der Waals surface area contributed by atoms with Crippen LogP contribution in [0.4, 0.5) is 4.79 Å². The summed E-state index contributed by atoms with van der Waals surface area (Å²) in [7, 11) is 0. The smallest absolute Gasteiger partial charge is 0.410 e. The number of carbonyl (C=O) groups excluding carboxylic acids is 2. The van der Waals surface area contributed by atoms with Crippen molar-refractivity contribution in [2.45, 2.75) is 52.6 Å². The number of nitrogens with one attached hydrogen (secondary N) is 1. The highest BCUT2D eigenvalue weighted by Crippen LogP contribution is 2.20. The number of amides is 2. The number of hydrogen-bond acceptors (Lipinski definition) is 4. The van der Waals surface area contributed by atoms with E-state index in [2.05, 4.69) is 5.32 Å². The van der Waals surface area contributed by atoms with E-state index in [9.17, 15) is 9.59 Å². The molecular weight excluding hydrogens is 392 g/mol. The number of benzene rings is 2. The summed E-state index contributed by atoms with van der Waals surface area (Å²) in [5.41, 5.74) is 2.68. The molecule has 3 rings (SSSR count). The summed E-state index contributed by atoms with van der Waals surface area (Å²) < 4.78 is 11.3. The molecule has 1 fully saturated rings. The lowest BCUT2D eigenvalue weighted by Gasteiger charge is -2.24. The highest BCUT2D eigenvalue weighted by Gasteiger charge is 2.33. The highest BCUT2D eigenvalue weighted by molar-refractivity contribution is 5.80. The Hall–Kier alpha value is -2.86. The van der Waals surface area contributed by atoms with Crippen LogP contribution in [0.2, 0.25) is 0 Å². The summed E-state index contributed by atoms with van der Waals surface area (Å²) >= 11 is 0. The third-order valence-corrected chi connectivity index (χ3v) is 5.15. The second-order valence-electron chi connectivity index (χ2n) is 8.88. The van der Waals surface area contributed by atoms with Crippen LogP contribution in [0.5, 0.6) is 0 Å². The minimum absolute atomic E-state index is 0.0361. The van der Waals surface area contributed by atoms with Gasteiger partial charge in [0.1, 0.15) is 5.60 Å². The minimum atomic E-state index is -0.538. The molecule has 1 aliphatic rings. The molecule has 1 unspecified atom stereocenters. The third-order valence-electron chi connectivity index (χ3n) is 5.15. The van der Waals surface area contributed by atoms with E-state index in [1.54, 1.807) is 4.90 Å². The third kappa shape index (κ3) is 7.10. The van der Waals surface area contributed by atoms with Gasteiger partial charge in [-0.3, -0.25) is 4.79 Å². The molecule has 1 aliphatic heterocycles. The second-order valence-corrected chi connectivity index (χ2v) is 8.88. The van der Waals surface area contributed by atoms with E-state index in [0.717, 1.165) is 16.7 Å². The average Bonchev–Trinajstić information content (AvgIpc) is 3.23. The van der Waals surface area contributed by atoms with Gasteiger partial charge in [-0.05, 0) is 43.9 Å². The number of nitrogens with zero attached hydrogens (tertiary/aromatic N) is 1. The summed E-state index contributed by atoms with van der Waals surface area (Å²) in [6.45, 7) is 7.91. The van der Waals surface area contributed by atoms with Crippen LogP contribution in [-0.4, -0.2) is 35.6 Å². The van der Waals surface area contributed by atoms with Gasteiger partial charge in [0.25, 0.3) is 0 Å². The molecule has 1 saturated heterocycles. The summed E-state index contributed by atoms with van der Waals surface area (Å²) in [5.74, 6) is -0.250. The molecule has 0 radical (unpaired) electrons. The van der Waals surface area contributed by atoms with Gasteiger partial charge in [-0.2, -0.15) is 0 Å². The van der Waals surface area contributed by atoms with E-state index in [1.165, 1.54) is 0 Å². The molecule has 0 bridgehead atoms. The van der Waals surface area contributed by atoms with Gasteiger partial charge in [-0.25, -0.2) is 4.79 Å². The van der Waals surface area contributed by atoms with Gasteiger partial charge in [0.2, 0.25) is 5.91 Å². The average molecular weight is 425 g/mol. The Morgan fingerprint density at radius 1 is 1.00 bits per heavy atom. The van der Waals surface area contributed by atoms with Crippen LogP contribution in [0.15, 0.2) is 54.6 Å². The number of ether oxygens (including phenoxy) is 2. The van der Waals surface area contributed by atoms with Gasteiger partial charge in [0.05, 0.1) is 19.1 Å². The fourth-order valence-electron chi connectivity index (χ4n) is 3.52. The molecule has 2 aromatic carbocycles. The van der Waals surface area contributed by atoms with E-state index in [-0.39, 0.29) is 17.9 Å². The van der Waals surface area contributed by atoms with E-state index in [1.807, 2.05) is 75.4 Å². The van der Waals surface area contributed by atoms with Crippen molar-refractivity contribution in [2.24, 2.45) is 5.92 Å². The zero-order valence-electron chi connectivity index (χ0n) is 18.6. The first-order valence-corrected chi connectivity index (χ1v) is 10.8. The molecule has 6 heteroatoms. The van der Waals surface area contributed by atoms with Gasteiger partial charge < -0.3 is 19.7 Å². The first-order chi connectivity index (χ1) is 14.8. The topological polar surface area (TPSA) is 67.9 Å². The molecule has 2 amide bonds. The minimum Gasteiger partial charge on any atom is -0.444 e. The van der Waals surface area contributed by atoms with Crippen LogP contribution in [0.1, 0.15) is 43.9 Å². The standard InChI is InChI=1S/C25H32N2O4/c1-25(2,3)31-24(29)27-14-13-21(16-27)23(28)26-15-20-11-7-8-12-22(20)18-30-17-19-9-5-4-6-10-19/h4-12,21H,13-18H2,1-3H3,(H,26,28). The zero-order valence-corrected chi connectivity index (χ0v) is 18.6. The van der Waals surface area contributed by atoms with Gasteiger partial charge >= 0.3 is 6.09 Å². The van der Waals surface area contributed by atoms with Crippen molar-refractivity contribution < 1.29 is 19.1 Å². The van der Waals surface area contributed by atoms with Crippen molar-refractivity contribution in [3.8, 4) is 0 Å². The first kappa shape index (κ1) is 22.8. The molecule has 0 aliphatic carbocycles. The van der Waals surface area contributed by atoms with Crippen molar-refractivity contribution in [1.29, 1.82) is 0 Å². The summed E-state index contributed by atoms with van der Waals surface area (Å²) in [4.78, 5) is 26.5. The molecule has 0 aromatic heterocycles. The lowest BCUT2D eigenvalue weighted by atomic mass is 10.1. The molecular formula is C25H32N2O4. The van der Waals surface area contributed by atoms with Gasteiger partial charge in [0.15, 0.2) is 0 Å². The predicted octanol–water partition coefficient (Wildman–Crippen LogP) is 4.28. The molecule has 1 N–H and O–H groups in total. The first-order valence-electron chi connectivity index (χ1n) is 10.8. The highest BCUT2D eigenvalue weighted by atomic mass is 16.6. The van der Waals surface area contributed by atoms with Gasteiger partial charge in [-0.15, -0.1) is 0 Å². The van der Waals surface area contributed by atoms with Crippen LogP contribution in [-0.2, 0) is 34.0 Å². The number of rotatable bonds is 7. The van der Waals surface area contributed by atoms with Crippen molar-refractivity contribution in [3.05, 3.63) is 71.3 Å². The molecule has 0 saturated carbocycles. The normalized spacial score (nSPS) is 16.2. The lowest BCUT2D eigenvalue weighted by molar-refractivity contribution is -0.124. The maximum atomic E-state index is 12.7. The summed E-state index contributed by atoms with van der Waals surface area (Å²) in [5, 5.41) is 3.02. The molecule has 6 nitrogen and oxygen atoms in total. The van der Waals surface area contributed by atoms with E-state index < -0.39 is 5.60 Å². The number of hydrogen-bond donors (Lipinski definition) is 1. The molecule has 1 heterocycles. The lowest BCUT2D eigenvalue weighted by Crippen LogP contribution is -2.37. The van der Waals surface area contributed by atoms with Gasteiger partial charge in [-0.1, -0.05) is 54.6 Å². The molecule has 1 atom stereocenters. The maximum absolute atomic E-state index is 12.7. The molecule has 166 valence electrons. The Labute approximate surface area is 184 Å². The predicted molar refractivity (Wildman–Crippen MR) is 119 cm³/mol. The second kappa shape index (κ2) is 10.4. The van der Waals surface area contributed by atoms with Gasteiger partial charge in [0, 0.05) is 19.6 Å². The fourth-order valence-corrected chi connectivity index (χ4v) is 3.52. The summed E-state index contributed by atoms with van der Waals surface area (Å²) in [6.07, 6.45) is 0.288. The van der Waals surface area contributed by atoms with E-state index in [4.69, 9.17) is 9.47 Å². The number of likely N-dealkylation sites (tertiary alicyclic amines) is 1. The summed E-state index contributed by atoms with van der Waals surface area (Å²) in [6, 6.07) is 18.0. The Bertz CT molecular complexity index is 877. The fraction of sp³-hybridized carbons (Fsp3) is 0.440. The molecule has 0 spiro atoms. The Morgan fingerprint density at radius 2 is 1.68 bits per heavy atom. The van der Waals surface area contributed by atoms with Crippen molar-refractivity contribution >= 4 is 12.0 Å². The van der Waals surface area contributed by atoms with Crippen molar-refractivity contribution in [2.75, 3.05) is 13.1 Å². The zero-order chi connectivity index (χ0) is 22.3. The van der Waals surface area contributed by atoms with Crippen LogP contribution >= 0.6 is 0 Å². The SMILES string of the molecule is CC(C)(C)OC(=O)N1CCC(C(=O)NCc2ccccc2COCc2ccccc2)C1. The largest absolute Gasteiger partial charge is 0.444 e. The van der Waals surface area contributed by atoms with E-state index >= 15 is 0 Å². The Balaban J connectivity index is 1.47. The quantitative estimate of drug-likeness (QED) is 0.721. The molecule has 31 heavy (non-hydrogen) atoms. The monoisotopic (exact) mass is 424 g/mol. The van der Waals surface area contributed by atoms with E-state index in [0.29, 0.717) is 39.3 Å². The van der Waals surface area contributed by atoms with Crippen LogP contribution < -0.4 is 5.32 Å².